The van der Waals surface area contributed by atoms with Gasteiger partial charge in [-0.3, -0.25) is 0 Å². The predicted octanol–water partition coefficient (Wildman–Crippen LogP) is 1.60. The Bertz CT molecular complexity index is 574. The molecule has 0 aromatic heterocycles. The number of nitrogens with one attached hydrogen (secondary N) is 1. The molecule has 1 aromatic rings. The van der Waals surface area contributed by atoms with Crippen LogP contribution in [0, 0.1) is 0 Å². The van der Waals surface area contributed by atoms with E-state index in [2.05, 4.69) is 10.1 Å². The summed E-state index contributed by atoms with van der Waals surface area (Å²) in [6, 6.07) is 4.75. The molecule has 0 unspecified atom stereocenters. The minimum Gasteiger partial charge on any atom is -0.404 e. The number of benzene rings is 1. The molecule has 0 amide bonds. The summed E-state index contributed by atoms with van der Waals surface area (Å²) in [5.41, 5.74) is 0. The van der Waals surface area contributed by atoms with Gasteiger partial charge in [0, 0.05) is 26.2 Å². The normalized spacial score (nSPS) is 17.1. The molecule has 1 aliphatic heterocycles. The molecule has 21 heavy (non-hydrogen) atoms. The number of hydrogen-bond acceptors (Lipinski definition) is 4. The molecule has 0 aliphatic carbocycles. The molecule has 1 fully saturated rings. The minimum atomic E-state index is -4.94. The number of ether oxygens (including phenoxy) is 1. The van der Waals surface area contributed by atoms with Crippen molar-refractivity contribution < 1.29 is 26.3 Å². The fourth-order valence-corrected chi connectivity index (χ4v) is 3.45. The third kappa shape index (κ3) is 4.47. The number of sulfonamides is 1. The molecule has 2 rings (SSSR count). The molecular weight excluding hydrogens is 333 g/mol. The number of halogens is 4. The van der Waals surface area contributed by atoms with Gasteiger partial charge in [0.1, 0.15) is 10.6 Å². The lowest BCUT2D eigenvalue weighted by atomic mass is 10.3. The first kappa shape index (κ1) is 18.0. The lowest BCUT2D eigenvalue weighted by Crippen LogP contribution is -2.46. The van der Waals surface area contributed by atoms with Crippen molar-refractivity contribution >= 4 is 22.4 Å². The van der Waals surface area contributed by atoms with Crippen LogP contribution in [0.3, 0.4) is 0 Å². The van der Waals surface area contributed by atoms with Gasteiger partial charge in [-0.1, -0.05) is 12.1 Å². The van der Waals surface area contributed by atoms with Crippen molar-refractivity contribution in [1.29, 1.82) is 0 Å². The Morgan fingerprint density at radius 3 is 2.29 bits per heavy atom. The number of rotatable bonds is 3. The first-order chi connectivity index (χ1) is 9.31. The van der Waals surface area contributed by atoms with Gasteiger partial charge >= 0.3 is 6.36 Å². The first-order valence-corrected chi connectivity index (χ1v) is 7.30. The Balaban J connectivity index is 0.00000220. The molecule has 10 heteroatoms. The number of hydrogen-bond donors (Lipinski definition) is 1. The molecule has 120 valence electrons. The molecule has 0 radical (unpaired) electrons. The summed E-state index contributed by atoms with van der Waals surface area (Å²) in [7, 11) is -4.00. The average molecular weight is 347 g/mol. The largest absolute Gasteiger partial charge is 0.573 e. The van der Waals surface area contributed by atoms with Crippen LogP contribution in [0.4, 0.5) is 13.2 Å². The summed E-state index contributed by atoms with van der Waals surface area (Å²) in [5, 5.41) is 2.97. The molecule has 1 aromatic carbocycles. The molecule has 1 saturated heterocycles. The zero-order chi connectivity index (χ0) is 14.8. The van der Waals surface area contributed by atoms with Crippen molar-refractivity contribution in [2.45, 2.75) is 11.3 Å². The van der Waals surface area contributed by atoms with E-state index in [-0.39, 0.29) is 25.5 Å². The Hall–Kier alpha value is -1.03. The summed E-state index contributed by atoms with van der Waals surface area (Å²) < 4.78 is 66.6. The fraction of sp³-hybridized carbons (Fsp3) is 0.455. The monoisotopic (exact) mass is 346 g/mol. The van der Waals surface area contributed by atoms with Gasteiger partial charge in [-0.05, 0) is 12.1 Å². The van der Waals surface area contributed by atoms with E-state index in [1.54, 1.807) is 0 Å². The van der Waals surface area contributed by atoms with Gasteiger partial charge in [-0.2, -0.15) is 4.31 Å². The summed E-state index contributed by atoms with van der Waals surface area (Å²) >= 11 is 0. The van der Waals surface area contributed by atoms with Crippen LogP contribution >= 0.6 is 12.4 Å². The summed E-state index contributed by atoms with van der Waals surface area (Å²) in [6.45, 7) is 1.34. The first-order valence-electron chi connectivity index (χ1n) is 5.86. The van der Waals surface area contributed by atoms with Crippen LogP contribution in [0.5, 0.6) is 5.75 Å². The Kier molecular flexibility index (Phi) is 5.85. The molecule has 0 saturated carbocycles. The highest BCUT2D eigenvalue weighted by Crippen LogP contribution is 2.31. The number of alkyl halides is 3. The SMILES string of the molecule is Cl.O=S(=O)(c1ccccc1OC(F)(F)F)N1CCNCC1. The molecule has 0 bridgehead atoms. The van der Waals surface area contributed by atoms with Crippen molar-refractivity contribution in [3.63, 3.8) is 0 Å². The van der Waals surface area contributed by atoms with Gasteiger partial charge in [0.05, 0.1) is 0 Å². The van der Waals surface area contributed by atoms with Crippen LogP contribution in [0.15, 0.2) is 29.2 Å². The topological polar surface area (TPSA) is 58.6 Å². The molecule has 1 aliphatic rings. The molecule has 5 nitrogen and oxygen atoms in total. The summed E-state index contributed by atoms with van der Waals surface area (Å²) in [4.78, 5) is -0.473. The smallest absolute Gasteiger partial charge is 0.404 e. The quantitative estimate of drug-likeness (QED) is 0.903. The lowest BCUT2D eigenvalue weighted by Gasteiger charge is -2.27. The summed E-state index contributed by atoms with van der Waals surface area (Å²) in [5.74, 6) is -0.710. The second kappa shape index (κ2) is 6.82. The lowest BCUT2D eigenvalue weighted by molar-refractivity contribution is -0.275. The molecule has 1 N–H and O–H groups in total. The van der Waals surface area contributed by atoms with Crippen LogP contribution in [0.25, 0.3) is 0 Å². The number of para-hydroxylation sites is 1. The second-order valence-electron chi connectivity index (χ2n) is 4.15. The third-order valence-electron chi connectivity index (χ3n) is 2.77. The predicted molar refractivity (Wildman–Crippen MR) is 72.0 cm³/mol. The third-order valence-corrected chi connectivity index (χ3v) is 4.71. The van der Waals surface area contributed by atoms with Gasteiger partial charge in [-0.25, -0.2) is 8.42 Å². The highest BCUT2D eigenvalue weighted by Gasteiger charge is 2.35. The molecular formula is C11H14ClF3N2O3S. The van der Waals surface area contributed by atoms with Crippen molar-refractivity contribution in [2.75, 3.05) is 26.2 Å². The van der Waals surface area contributed by atoms with Gasteiger partial charge in [0.15, 0.2) is 0 Å². The highest BCUT2D eigenvalue weighted by molar-refractivity contribution is 7.89. The Morgan fingerprint density at radius 1 is 1.14 bits per heavy atom. The minimum absolute atomic E-state index is 0. The molecule has 0 atom stereocenters. The Morgan fingerprint density at radius 2 is 1.71 bits per heavy atom. The van der Waals surface area contributed by atoms with Crippen LogP contribution < -0.4 is 10.1 Å². The van der Waals surface area contributed by atoms with Crippen LogP contribution in [0.1, 0.15) is 0 Å². The van der Waals surface area contributed by atoms with Crippen molar-refractivity contribution in [2.24, 2.45) is 0 Å². The summed E-state index contributed by atoms with van der Waals surface area (Å²) in [6.07, 6.45) is -4.94. The van der Waals surface area contributed by atoms with Crippen molar-refractivity contribution in [3.05, 3.63) is 24.3 Å². The van der Waals surface area contributed by atoms with Gasteiger partial charge < -0.3 is 10.1 Å². The fourth-order valence-electron chi connectivity index (χ4n) is 1.90. The average Bonchev–Trinajstić information content (AvgIpc) is 2.38. The van der Waals surface area contributed by atoms with E-state index in [0.29, 0.717) is 13.1 Å². The molecule has 0 spiro atoms. The molecule has 1 heterocycles. The second-order valence-corrected chi connectivity index (χ2v) is 6.05. The van der Waals surface area contributed by atoms with E-state index < -0.39 is 27.0 Å². The Labute approximate surface area is 126 Å². The van der Waals surface area contributed by atoms with Crippen LogP contribution in [0.2, 0.25) is 0 Å². The van der Waals surface area contributed by atoms with Crippen molar-refractivity contribution in [3.8, 4) is 5.75 Å². The van der Waals surface area contributed by atoms with Crippen molar-refractivity contribution in [1.82, 2.24) is 9.62 Å². The maximum atomic E-state index is 12.3. The van der Waals surface area contributed by atoms with Crippen LogP contribution in [-0.2, 0) is 10.0 Å². The van der Waals surface area contributed by atoms with E-state index in [4.69, 9.17) is 0 Å². The zero-order valence-electron chi connectivity index (χ0n) is 10.8. The highest BCUT2D eigenvalue weighted by atomic mass is 35.5. The standard InChI is InChI=1S/C11H13F3N2O3S.ClH/c12-11(13,14)19-9-3-1-2-4-10(9)20(17,18)16-7-5-15-6-8-16;/h1-4,15H,5-8H2;1H. The number of nitrogens with zero attached hydrogens (tertiary/aromatic N) is 1. The van der Waals surface area contributed by atoms with E-state index in [9.17, 15) is 21.6 Å². The van der Waals surface area contributed by atoms with E-state index in [1.165, 1.54) is 12.1 Å². The van der Waals surface area contributed by atoms with E-state index in [1.807, 2.05) is 0 Å². The van der Waals surface area contributed by atoms with Gasteiger partial charge in [0.25, 0.3) is 0 Å². The zero-order valence-corrected chi connectivity index (χ0v) is 12.4. The van der Waals surface area contributed by atoms with Gasteiger partial charge in [0.2, 0.25) is 10.0 Å². The van der Waals surface area contributed by atoms with E-state index >= 15 is 0 Å². The van der Waals surface area contributed by atoms with Gasteiger partial charge in [-0.15, -0.1) is 25.6 Å². The maximum Gasteiger partial charge on any atom is 0.573 e. The van der Waals surface area contributed by atoms with Crippen LogP contribution in [-0.4, -0.2) is 45.3 Å². The number of piperazine rings is 1. The maximum absolute atomic E-state index is 12.3. The van der Waals surface area contributed by atoms with E-state index in [0.717, 1.165) is 16.4 Å².